The molecule has 0 aliphatic rings. The minimum atomic E-state index is 0.319. The van der Waals surface area contributed by atoms with Gasteiger partial charge in [-0.25, -0.2) is 0 Å². The summed E-state index contributed by atoms with van der Waals surface area (Å²) < 4.78 is 5.09. The van der Waals surface area contributed by atoms with Crippen molar-refractivity contribution in [2.75, 3.05) is 0 Å². The van der Waals surface area contributed by atoms with E-state index in [4.69, 9.17) is 4.52 Å². The van der Waals surface area contributed by atoms with E-state index in [2.05, 4.69) is 5.16 Å². The zero-order valence-corrected chi connectivity index (χ0v) is 10.0. The van der Waals surface area contributed by atoms with Crippen LogP contribution >= 0.6 is 11.8 Å². The summed E-state index contributed by atoms with van der Waals surface area (Å²) in [6, 6.07) is 7.32. The molecule has 2 aromatic rings. The van der Waals surface area contributed by atoms with Crippen LogP contribution in [0.4, 0.5) is 0 Å². The number of benzene rings is 1. The topological polar surface area (TPSA) is 46.3 Å². The third kappa shape index (κ3) is 2.22. The number of aromatic nitrogens is 1. The van der Waals surface area contributed by atoms with Crippen molar-refractivity contribution in [2.45, 2.75) is 24.5 Å². The molecule has 0 fully saturated rings. The molecule has 2 rings (SSSR count). The van der Waals surface area contributed by atoms with Gasteiger partial charge in [-0.2, -0.15) is 0 Å². The van der Waals surface area contributed by atoms with Gasteiger partial charge in [0.25, 0.3) is 0 Å². The molecule has 0 unspecified atom stereocenters. The number of hydrogen-bond acceptors (Lipinski definition) is 4. The molecule has 0 amide bonds. The summed E-state index contributed by atoms with van der Waals surface area (Å²) in [6.07, 6.45) is 0. The highest BCUT2D eigenvalue weighted by molar-refractivity contribution is 7.98. The van der Waals surface area contributed by atoms with Crippen molar-refractivity contribution in [1.29, 1.82) is 0 Å². The van der Waals surface area contributed by atoms with E-state index in [1.807, 2.05) is 32.0 Å². The number of thioether (sulfide) groups is 1. The van der Waals surface area contributed by atoms with Crippen molar-refractivity contribution in [3.05, 3.63) is 41.3 Å². The number of para-hydroxylation sites is 1. The van der Waals surface area contributed by atoms with Gasteiger partial charge in [-0.15, -0.1) is 11.8 Å². The monoisotopic (exact) mass is 235 g/mol. The Bertz CT molecular complexity index is 474. The lowest BCUT2D eigenvalue weighted by Gasteiger charge is -2.03. The molecule has 0 aliphatic heterocycles. The van der Waals surface area contributed by atoms with Crippen LogP contribution < -0.4 is 0 Å². The summed E-state index contributed by atoms with van der Waals surface area (Å²) in [5, 5.41) is 13.5. The van der Waals surface area contributed by atoms with Crippen LogP contribution in [0.1, 0.15) is 17.0 Å². The smallest absolute Gasteiger partial charge is 0.137 e. The molecule has 3 nitrogen and oxygen atoms in total. The number of nitrogens with zero attached hydrogens (tertiary/aromatic N) is 1. The zero-order valence-electron chi connectivity index (χ0n) is 9.23. The van der Waals surface area contributed by atoms with Gasteiger partial charge in [-0.3, -0.25) is 0 Å². The predicted octanol–water partition coefficient (Wildman–Crippen LogP) is 3.29. The van der Waals surface area contributed by atoms with Crippen molar-refractivity contribution < 1.29 is 9.63 Å². The molecule has 0 atom stereocenters. The first-order valence-corrected chi connectivity index (χ1v) is 5.99. The number of aromatic hydroxyl groups is 1. The Morgan fingerprint density at radius 3 is 2.69 bits per heavy atom. The van der Waals surface area contributed by atoms with Crippen LogP contribution in [0, 0.1) is 13.8 Å². The molecule has 1 N–H and O–H groups in total. The molecule has 0 aliphatic carbocycles. The summed E-state index contributed by atoms with van der Waals surface area (Å²) in [7, 11) is 0. The Hall–Kier alpha value is -1.42. The van der Waals surface area contributed by atoms with Gasteiger partial charge < -0.3 is 9.63 Å². The van der Waals surface area contributed by atoms with Crippen molar-refractivity contribution >= 4 is 11.8 Å². The van der Waals surface area contributed by atoms with Crippen LogP contribution in [0.2, 0.25) is 0 Å². The Morgan fingerprint density at radius 1 is 1.31 bits per heavy atom. The molecule has 1 heterocycles. The molecule has 4 heteroatoms. The van der Waals surface area contributed by atoms with E-state index in [0.717, 1.165) is 27.7 Å². The summed E-state index contributed by atoms with van der Waals surface area (Å²) in [5.74, 6) is 1.93. The first-order chi connectivity index (χ1) is 7.68. The van der Waals surface area contributed by atoms with E-state index in [-0.39, 0.29) is 0 Å². The first-order valence-electron chi connectivity index (χ1n) is 5.01. The van der Waals surface area contributed by atoms with Crippen LogP contribution in [0.5, 0.6) is 5.75 Å². The lowest BCUT2D eigenvalue weighted by Crippen LogP contribution is -1.85. The van der Waals surface area contributed by atoms with E-state index in [1.54, 1.807) is 17.8 Å². The second-order valence-corrected chi connectivity index (χ2v) is 4.58. The van der Waals surface area contributed by atoms with Crippen molar-refractivity contribution in [1.82, 2.24) is 5.16 Å². The summed E-state index contributed by atoms with van der Waals surface area (Å²) in [6.45, 7) is 3.83. The SMILES string of the molecule is Cc1noc(C)c1CSc1ccccc1O. The molecular formula is C12H13NO2S. The summed E-state index contributed by atoms with van der Waals surface area (Å²) in [4.78, 5) is 0.877. The molecule has 0 saturated carbocycles. The maximum atomic E-state index is 9.62. The van der Waals surface area contributed by atoms with E-state index in [9.17, 15) is 5.11 Å². The number of rotatable bonds is 3. The van der Waals surface area contributed by atoms with Crippen LogP contribution in [-0.2, 0) is 5.75 Å². The van der Waals surface area contributed by atoms with Crippen LogP contribution in [0.3, 0.4) is 0 Å². The molecule has 84 valence electrons. The maximum absolute atomic E-state index is 9.62. The van der Waals surface area contributed by atoms with Crippen LogP contribution in [0.15, 0.2) is 33.7 Å². The summed E-state index contributed by atoms with van der Waals surface area (Å²) >= 11 is 1.58. The van der Waals surface area contributed by atoms with Gasteiger partial charge >= 0.3 is 0 Å². The zero-order chi connectivity index (χ0) is 11.5. The number of aryl methyl sites for hydroxylation is 2. The van der Waals surface area contributed by atoms with Crippen molar-refractivity contribution in [3.8, 4) is 5.75 Å². The van der Waals surface area contributed by atoms with Gasteiger partial charge in [0.05, 0.1) is 5.69 Å². The first kappa shape index (κ1) is 11.1. The molecule has 0 saturated heterocycles. The highest BCUT2D eigenvalue weighted by atomic mass is 32.2. The van der Waals surface area contributed by atoms with Gasteiger partial charge in [0.15, 0.2) is 0 Å². The average Bonchev–Trinajstić information content (AvgIpc) is 2.58. The van der Waals surface area contributed by atoms with E-state index in [1.165, 1.54) is 0 Å². The Labute approximate surface area is 98.5 Å². The largest absolute Gasteiger partial charge is 0.507 e. The maximum Gasteiger partial charge on any atom is 0.137 e. The Kier molecular flexibility index (Phi) is 3.19. The average molecular weight is 235 g/mol. The van der Waals surface area contributed by atoms with E-state index < -0.39 is 0 Å². The molecule has 0 radical (unpaired) electrons. The lowest BCUT2D eigenvalue weighted by molar-refractivity contribution is 0.392. The lowest BCUT2D eigenvalue weighted by atomic mass is 10.2. The third-order valence-electron chi connectivity index (χ3n) is 2.42. The molecular weight excluding hydrogens is 222 g/mol. The fourth-order valence-corrected chi connectivity index (χ4v) is 2.54. The van der Waals surface area contributed by atoms with E-state index >= 15 is 0 Å². The highest BCUT2D eigenvalue weighted by Crippen LogP contribution is 2.31. The quantitative estimate of drug-likeness (QED) is 0.829. The Morgan fingerprint density at radius 2 is 2.06 bits per heavy atom. The minimum absolute atomic E-state index is 0.319. The van der Waals surface area contributed by atoms with Crippen LogP contribution in [0.25, 0.3) is 0 Å². The molecule has 0 spiro atoms. The normalized spacial score (nSPS) is 10.6. The van der Waals surface area contributed by atoms with Crippen molar-refractivity contribution in [3.63, 3.8) is 0 Å². The summed E-state index contributed by atoms with van der Waals surface area (Å²) in [5.41, 5.74) is 2.02. The predicted molar refractivity (Wildman–Crippen MR) is 63.6 cm³/mol. The molecule has 1 aromatic heterocycles. The second-order valence-electron chi connectivity index (χ2n) is 3.56. The number of hydrogen-bond donors (Lipinski definition) is 1. The second kappa shape index (κ2) is 4.61. The van der Waals surface area contributed by atoms with E-state index in [0.29, 0.717) is 5.75 Å². The molecule has 0 bridgehead atoms. The minimum Gasteiger partial charge on any atom is -0.507 e. The standard InChI is InChI=1S/C12H13NO2S/c1-8-10(9(2)15-13-8)7-16-12-6-4-3-5-11(12)14/h3-6,14H,7H2,1-2H3. The fourth-order valence-electron chi connectivity index (χ4n) is 1.44. The number of phenolic OH excluding ortho intramolecular Hbond substituents is 1. The van der Waals surface area contributed by atoms with Gasteiger partial charge in [-0.05, 0) is 26.0 Å². The van der Waals surface area contributed by atoms with Gasteiger partial charge in [0.2, 0.25) is 0 Å². The molecule has 16 heavy (non-hydrogen) atoms. The van der Waals surface area contributed by atoms with Crippen molar-refractivity contribution in [2.24, 2.45) is 0 Å². The highest BCUT2D eigenvalue weighted by Gasteiger charge is 2.10. The third-order valence-corrected chi connectivity index (χ3v) is 3.51. The van der Waals surface area contributed by atoms with Gasteiger partial charge in [0, 0.05) is 16.2 Å². The molecule has 1 aromatic carbocycles. The van der Waals surface area contributed by atoms with Gasteiger partial charge in [-0.1, -0.05) is 17.3 Å². The fraction of sp³-hybridized carbons (Fsp3) is 0.250. The van der Waals surface area contributed by atoms with Crippen LogP contribution in [-0.4, -0.2) is 10.3 Å². The number of phenols is 1. The van der Waals surface area contributed by atoms with Gasteiger partial charge in [0.1, 0.15) is 11.5 Å². The Balaban J connectivity index is 2.11.